The second-order valence-electron chi connectivity index (χ2n) is 2.07. The molecule has 3 nitrogen and oxygen atoms in total. The first kappa shape index (κ1) is 6.81. The number of carbonyl (C=O) groups is 2. The molecule has 1 aliphatic heterocycles. The molecular formula is C7H7NO2. The average Bonchev–Trinajstić information content (AvgIpc) is 1.82. The van der Waals surface area contributed by atoms with E-state index in [0.717, 1.165) is 0 Å². The largest absolute Gasteiger partial charge is 0.317 e. The quantitative estimate of drug-likeness (QED) is 0.419. The van der Waals surface area contributed by atoms with Crippen LogP contribution in [-0.2, 0) is 9.59 Å². The molecule has 0 unspecified atom stereocenters. The highest BCUT2D eigenvalue weighted by atomic mass is 16.2. The molecular weight excluding hydrogens is 130 g/mol. The molecule has 0 aliphatic carbocycles. The molecule has 1 amide bonds. The number of hydrogen-bond acceptors (Lipinski definition) is 2. The summed E-state index contributed by atoms with van der Waals surface area (Å²) in [5.74, 6) is 4.69. The second kappa shape index (κ2) is 2.53. The fraction of sp³-hybridized carbons (Fsp3) is 0.429. The van der Waals surface area contributed by atoms with E-state index in [4.69, 9.17) is 0 Å². The van der Waals surface area contributed by atoms with Crippen molar-refractivity contribution < 1.29 is 9.59 Å². The predicted molar refractivity (Wildman–Crippen MR) is 35.0 cm³/mol. The highest BCUT2D eigenvalue weighted by Crippen LogP contribution is 2.00. The van der Waals surface area contributed by atoms with Gasteiger partial charge in [0.15, 0.2) is 5.78 Å². The van der Waals surface area contributed by atoms with Crippen LogP contribution in [0.3, 0.4) is 0 Å². The van der Waals surface area contributed by atoms with E-state index in [0.29, 0.717) is 0 Å². The maximum absolute atomic E-state index is 10.8. The van der Waals surface area contributed by atoms with E-state index in [9.17, 15) is 9.59 Å². The van der Waals surface area contributed by atoms with E-state index >= 15 is 0 Å². The lowest BCUT2D eigenvalue weighted by atomic mass is 10.2. The first-order valence-corrected chi connectivity index (χ1v) is 2.97. The second-order valence-corrected chi connectivity index (χ2v) is 2.07. The Morgan fingerprint density at radius 1 is 1.60 bits per heavy atom. The lowest BCUT2D eigenvalue weighted by Crippen LogP contribution is -2.50. The van der Waals surface area contributed by atoms with Crippen LogP contribution in [0.5, 0.6) is 0 Å². The van der Waals surface area contributed by atoms with E-state index in [1.807, 2.05) is 0 Å². The molecule has 1 saturated heterocycles. The van der Waals surface area contributed by atoms with Crippen LogP contribution in [0.2, 0.25) is 0 Å². The molecule has 1 aliphatic rings. The summed E-state index contributed by atoms with van der Waals surface area (Å²) < 4.78 is 0. The SMILES string of the molecule is CC#CC(=O)N1CC(=O)C1. The summed E-state index contributed by atoms with van der Waals surface area (Å²) >= 11 is 0. The van der Waals surface area contributed by atoms with Crippen LogP contribution >= 0.6 is 0 Å². The summed E-state index contributed by atoms with van der Waals surface area (Å²) in [5.41, 5.74) is 0. The molecule has 0 aromatic heterocycles. The van der Waals surface area contributed by atoms with Crippen molar-refractivity contribution in [2.75, 3.05) is 13.1 Å². The summed E-state index contributed by atoms with van der Waals surface area (Å²) in [5, 5.41) is 0. The van der Waals surface area contributed by atoms with Crippen LogP contribution in [0.4, 0.5) is 0 Å². The zero-order valence-corrected chi connectivity index (χ0v) is 5.68. The van der Waals surface area contributed by atoms with Crippen molar-refractivity contribution in [3.8, 4) is 11.8 Å². The van der Waals surface area contributed by atoms with E-state index in [1.54, 1.807) is 6.92 Å². The highest BCUT2D eigenvalue weighted by molar-refractivity contribution is 6.02. The molecule has 0 bridgehead atoms. The fourth-order valence-electron chi connectivity index (χ4n) is 0.709. The molecule has 10 heavy (non-hydrogen) atoms. The molecule has 0 saturated carbocycles. The summed E-state index contributed by atoms with van der Waals surface area (Å²) in [6, 6.07) is 0. The molecule has 52 valence electrons. The van der Waals surface area contributed by atoms with Gasteiger partial charge in [0.1, 0.15) is 0 Å². The zero-order chi connectivity index (χ0) is 7.56. The van der Waals surface area contributed by atoms with Crippen LogP contribution in [-0.4, -0.2) is 29.7 Å². The van der Waals surface area contributed by atoms with Crippen molar-refractivity contribution in [2.24, 2.45) is 0 Å². The lowest BCUT2D eigenvalue weighted by Gasteiger charge is -2.26. The number of rotatable bonds is 0. The van der Waals surface area contributed by atoms with Crippen molar-refractivity contribution in [3.05, 3.63) is 0 Å². The third-order valence-corrected chi connectivity index (χ3v) is 1.25. The fourth-order valence-corrected chi connectivity index (χ4v) is 0.709. The molecule has 0 aromatic rings. The topological polar surface area (TPSA) is 37.4 Å². The number of Topliss-reactive ketones (excluding diaryl/α,β-unsaturated/α-hetero) is 1. The molecule has 0 spiro atoms. The van der Waals surface area contributed by atoms with Gasteiger partial charge in [-0.25, -0.2) is 0 Å². The smallest absolute Gasteiger partial charge is 0.299 e. The van der Waals surface area contributed by atoms with E-state index < -0.39 is 0 Å². The molecule has 1 heterocycles. The average molecular weight is 137 g/mol. The Morgan fingerprint density at radius 2 is 2.20 bits per heavy atom. The van der Waals surface area contributed by atoms with Gasteiger partial charge >= 0.3 is 0 Å². The van der Waals surface area contributed by atoms with Crippen molar-refractivity contribution in [1.82, 2.24) is 4.90 Å². The van der Waals surface area contributed by atoms with Gasteiger partial charge in [-0.3, -0.25) is 9.59 Å². The van der Waals surface area contributed by atoms with E-state index in [2.05, 4.69) is 11.8 Å². The maximum Gasteiger partial charge on any atom is 0.299 e. The third kappa shape index (κ3) is 1.16. The van der Waals surface area contributed by atoms with Crippen molar-refractivity contribution in [2.45, 2.75) is 6.92 Å². The Bertz CT molecular complexity index is 226. The predicted octanol–water partition coefficient (Wildman–Crippen LogP) is -0.579. The van der Waals surface area contributed by atoms with Gasteiger partial charge in [-0.15, -0.1) is 0 Å². The van der Waals surface area contributed by atoms with Crippen LogP contribution in [0.25, 0.3) is 0 Å². The van der Waals surface area contributed by atoms with Gasteiger partial charge < -0.3 is 4.90 Å². The summed E-state index contributed by atoms with van der Waals surface area (Å²) in [6.07, 6.45) is 0. The number of nitrogens with zero attached hydrogens (tertiary/aromatic N) is 1. The Kier molecular flexibility index (Phi) is 1.72. The van der Waals surface area contributed by atoms with Crippen molar-refractivity contribution >= 4 is 11.7 Å². The van der Waals surface area contributed by atoms with Crippen LogP contribution in [0, 0.1) is 11.8 Å². The summed E-state index contributed by atoms with van der Waals surface area (Å²) in [4.78, 5) is 22.6. The van der Waals surface area contributed by atoms with E-state index in [1.165, 1.54) is 4.90 Å². The van der Waals surface area contributed by atoms with Gasteiger partial charge in [-0.1, -0.05) is 5.92 Å². The van der Waals surface area contributed by atoms with Crippen LogP contribution in [0.15, 0.2) is 0 Å². The Hall–Kier alpha value is -1.30. The first-order valence-electron chi connectivity index (χ1n) is 2.97. The van der Waals surface area contributed by atoms with Crippen molar-refractivity contribution in [3.63, 3.8) is 0 Å². The van der Waals surface area contributed by atoms with E-state index in [-0.39, 0.29) is 24.8 Å². The Morgan fingerprint density at radius 3 is 2.60 bits per heavy atom. The van der Waals surface area contributed by atoms with Gasteiger partial charge in [0.25, 0.3) is 5.91 Å². The van der Waals surface area contributed by atoms with Gasteiger partial charge in [-0.2, -0.15) is 0 Å². The third-order valence-electron chi connectivity index (χ3n) is 1.25. The maximum atomic E-state index is 10.8. The molecule has 1 rings (SSSR count). The number of hydrogen-bond donors (Lipinski definition) is 0. The molecule has 0 N–H and O–H groups in total. The number of ketones is 1. The molecule has 3 heteroatoms. The Balaban J connectivity index is 2.43. The van der Waals surface area contributed by atoms with Gasteiger partial charge in [0.2, 0.25) is 0 Å². The minimum Gasteiger partial charge on any atom is -0.317 e. The minimum absolute atomic E-state index is 0.103. The van der Waals surface area contributed by atoms with Gasteiger partial charge in [0, 0.05) is 0 Å². The normalized spacial score (nSPS) is 15.3. The zero-order valence-electron chi connectivity index (χ0n) is 5.68. The van der Waals surface area contributed by atoms with Crippen LogP contribution in [0.1, 0.15) is 6.92 Å². The standard InChI is InChI=1S/C7H7NO2/c1-2-3-7(10)8-4-6(9)5-8/h4-5H2,1H3. The van der Waals surface area contributed by atoms with Crippen LogP contribution < -0.4 is 0 Å². The molecule has 1 fully saturated rings. The minimum atomic E-state index is -0.248. The molecule has 0 radical (unpaired) electrons. The summed E-state index contributed by atoms with van der Waals surface area (Å²) in [7, 11) is 0. The van der Waals surface area contributed by atoms with Gasteiger partial charge in [0.05, 0.1) is 13.1 Å². The summed E-state index contributed by atoms with van der Waals surface area (Å²) in [6.45, 7) is 2.08. The Labute approximate surface area is 59.0 Å². The monoisotopic (exact) mass is 137 g/mol. The number of likely N-dealkylation sites (tertiary alicyclic amines) is 1. The highest BCUT2D eigenvalue weighted by Gasteiger charge is 2.26. The molecule has 0 aromatic carbocycles. The van der Waals surface area contributed by atoms with Crippen molar-refractivity contribution in [1.29, 1.82) is 0 Å². The first-order chi connectivity index (χ1) is 4.74. The lowest BCUT2D eigenvalue weighted by molar-refractivity contribution is -0.141. The number of carbonyl (C=O) groups excluding carboxylic acids is 2. The number of amides is 1. The van der Waals surface area contributed by atoms with Gasteiger partial charge in [-0.05, 0) is 12.8 Å². The molecule has 0 atom stereocenters.